The molecule has 4 heteroatoms. The van der Waals surface area contributed by atoms with Crippen LogP contribution in [0.4, 0.5) is 0 Å². The number of benzene rings is 1. The molecule has 2 heterocycles. The number of nitrogens with one attached hydrogen (secondary N) is 1. The van der Waals surface area contributed by atoms with Gasteiger partial charge >= 0.3 is 0 Å². The van der Waals surface area contributed by atoms with Gasteiger partial charge in [-0.3, -0.25) is 4.68 Å². The number of aromatic nitrogens is 4. The van der Waals surface area contributed by atoms with Crippen LogP contribution in [0.25, 0.3) is 22.3 Å². The van der Waals surface area contributed by atoms with E-state index in [0.29, 0.717) is 0 Å². The minimum absolute atomic E-state index is 0.797. The molecule has 92 valence electrons. The van der Waals surface area contributed by atoms with E-state index >= 15 is 0 Å². The summed E-state index contributed by atoms with van der Waals surface area (Å²) in [4.78, 5) is 7.85. The van der Waals surface area contributed by atoms with Gasteiger partial charge in [-0.05, 0) is 19.1 Å². The molecule has 2 aromatic heterocycles. The Morgan fingerprint density at radius 2 is 2.17 bits per heavy atom. The van der Waals surface area contributed by atoms with Crippen LogP contribution in [0.1, 0.15) is 18.3 Å². The second-order valence-electron chi connectivity index (χ2n) is 4.58. The number of nitrogens with zero attached hydrogens (tertiary/aromatic N) is 3. The standard InChI is InChI=1S/C14H16N4/c1-4-13-16-14(17-18(13)3)11-8-15-12-6-5-9(2)7-10(11)12/h5-8,15H,4H2,1-3H3. The van der Waals surface area contributed by atoms with Crippen LogP contribution in [-0.2, 0) is 13.5 Å². The monoisotopic (exact) mass is 240 g/mol. The summed E-state index contributed by atoms with van der Waals surface area (Å²) >= 11 is 0. The number of aryl methyl sites for hydroxylation is 3. The van der Waals surface area contributed by atoms with Crippen LogP contribution in [-0.4, -0.2) is 19.7 Å². The number of aromatic amines is 1. The minimum Gasteiger partial charge on any atom is -0.360 e. The molecule has 18 heavy (non-hydrogen) atoms. The zero-order valence-corrected chi connectivity index (χ0v) is 10.9. The number of fused-ring (bicyclic) bond motifs is 1. The molecule has 0 aliphatic carbocycles. The zero-order valence-electron chi connectivity index (χ0n) is 10.9. The van der Waals surface area contributed by atoms with Crippen LogP contribution in [0.5, 0.6) is 0 Å². The third-order valence-electron chi connectivity index (χ3n) is 3.25. The summed E-state index contributed by atoms with van der Waals surface area (Å²) in [5.74, 6) is 1.80. The summed E-state index contributed by atoms with van der Waals surface area (Å²) in [6, 6.07) is 6.37. The van der Waals surface area contributed by atoms with Gasteiger partial charge in [0.1, 0.15) is 5.82 Å². The van der Waals surface area contributed by atoms with E-state index in [1.165, 1.54) is 10.9 Å². The van der Waals surface area contributed by atoms with Crippen molar-refractivity contribution in [3.63, 3.8) is 0 Å². The molecular formula is C14H16N4. The van der Waals surface area contributed by atoms with Crippen molar-refractivity contribution >= 4 is 10.9 Å². The highest BCUT2D eigenvalue weighted by molar-refractivity contribution is 5.94. The zero-order chi connectivity index (χ0) is 12.7. The van der Waals surface area contributed by atoms with Gasteiger partial charge in [0, 0.05) is 36.1 Å². The van der Waals surface area contributed by atoms with E-state index in [-0.39, 0.29) is 0 Å². The predicted octanol–water partition coefficient (Wildman–Crippen LogP) is 2.83. The first-order valence-electron chi connectivity index (χ1n) is 6.17. The summed E-state index contributed by atoms with van der Waals surface area (Å²) in [5.41, 5.74) is 3.44. The highest BCUT2D eigenvalue weighted by atomic mass is 15.3. The normalized spacial score (nSPS) is 11.3. The fourth-order valence-corrected chi connectivity index (χ4v) is 2.26. The molecule has 0 fully saturated rings. The Morgan fingerprint density at radius 1 is 1.33 bits per heavy atom. The van der Waals surface area contributed by atoms with Gasteiger partial charge in [-0.2, -0.15) is 5.10 Å². The molecule has 0 saturated carbocycles. The lowest BCUT2D eigenvalue weighted by molar-refractivity contribution is 0.710. The maximum absolute atomic E-state index is 4.58. The molecule has 0 radical (unpaired) electrons. The molecule has 3 rings (SSSR count). The molecule has 1 N–H and O–H groups in total. The number of H-pyrrole nitrogens is 1. The fraction of sp³-hybridized carbons (Fsp3) is 0.286. The summed E-state index contributed by atoms with van der Waals surface area (Å²) in [5, 5.41) is 5.67. The third-order valence-corrected chi connectivity index (χ3v) is 3.25. The lowest BCUT2D eigenvalue weighted by Crippen LogP contribution is -1.96. The Bertz CT molecular complexity index is 706. The van der Waals surface area contributed by atoms with Gasteiger partial charge < -0.3 is 4.98 Å². The van der Waals surface area contributed by atoms with E-state index in [4.69, 9.17) is 0 Å². The van der Waals surface area contributed by atoms with Gasteiger partial charge in [-0.1, -0.05) is 18.6 Å². The van der Waals surface area contributed by atoms with Crippen molar-refractivity contribution in [3.8, 4) is 11.4 Å². The summed E-state index contributed by atoms with van der Waals surface area (Å²) in [6.45, 7) is 4.19. The summed E-state index contributed by atoms with van der Waals surface area (Å²) in [6.07, 6.45) is 2.88. The Morgan fingerprint density at radius 3 is 2.89 bits per heavy atom. The molecule has 0 spiro atoms. The molecule has 4 nitrogen and oxygen atoms in total. The van der Waals surface area contributed by atoms with Crippen LogP contribution >= 0.6 is 0 Å². The Kier molecular flexibility index (Phi) is 2.44. The lowest BCUT2D eigenvalue weighted by Gasteiger charge is -1.95. The van der Waals surface area contributed by atoms with E-state index in [2.05, 4.69) is 47.1 Å². The van der Waals surface area contributed by atoms with Crippen LogP contribution < -0.4 is 0 Å². The molecule has 0 amide bonds. The minimum atomic E-state index is 0.797. The van der Waals surface area contributed by atoms with Gasteiger partial charge in [0.05, 0.1) is 0 Å². The first-order chi connectivity index (χ1) is 8.69. The van der Waals surface area contributed by atoms with Crippen LogP contribution in [0.15, 0.2) is 24.4 Å². The van der Waals surface area contributed by atoms with Crippen LogP contribution in [0.2, 0.25) is 0 Å². The van der Waals surface area contributed by atoms with Gasteiger partial charge in [0.2, 0.25) is 0 Å². The molecule has 0 aliphatic heterocycles. The average Bonchev–Trinajstić information content (AvgIpc) is 2.91. The SMILES string of the molecule is CCc1nc(-c2c[nH]c3ccc(C)cc23)nn1C. The second-order valence-corrected chi connectivity index (χ2v) is 4.58. The first-order valence-corrected chi connectivity index (χ1v) is 6.17. The van der Waals surface area contributed by atoms with Crippen molar-refractivity contribution in [2.75, 3.05) is 0 Å². The van der Waals surface area contributed by atoms with Gasteiger partial charge in [0.15, 0.2) is 5.82 Å². The lowest BCUT2D eigenvalue weighted by atomic mass is 10.1. The molecule has 0 aliphatic rings. The van der Waals surface area contributed by atoms with Gasteiger partial charge in [0.25, 0.3) is 0 Å². The van der Waals surface area contributed by atoms with Crippen molar-refractivity contribution in [1.82, 2.24) is 19.7 Å². The predicted molar refractivity (Wildman–Crippen MR) is 72.4 cm³/mol. The Labute approximate surface area is 106 Å². The van der Waals surface area contributed by atoms with Crippen molar-refractivity contribution in [2.24, 2.45) is 7.05 Å². The Balaban J connectivity index is 2.21. The summed E-state index contributed by atoms with van der Waals surface area (Å²) in [7, 11) is 1.94. The van der Waals surface area contributed by atoms with Gasteiger partial charge in [-0.25, -0.2) is 4.98 Å². The molecule has 1 aromatic carbocycles. The number of rotatable bonds is 2. The second kappa shape index (κ2) is 3.98. The molecule has 0 bridgehead atoms. The topological polar surface area (TPSA) is 46.5 Å². The maximum atomic E-state index is 4.58. The van der Waals surface area contributed by atoms with Crippen LogP contribution in [0, 0.1) is 6.92 Å². The molecule has 0 saturated heterocycles. The smallest absolute Gasteiger partial charge is 0.183 e. The fourth-order valence-electron chi connectivity index (χ4n) is 2.26. The third kappa shape index (κ3) is 1.61. The highest BCUT2D eigenvalue weighted by Gasteiger charge is 2.12. The maximum Gasteiger partial charge on any atom is 0.183 e. The summed E-state index contributed by atoms with van der Waals surface area (Å²) < 4.78 is 1.85. The van der Waals surface area contributed by atoms with E-state index in [1.807, 2.05) is 17.9 Å². The highest BCUT2D eigenvalue weighted by Crippen LogP contribution is 2.27. The molecule has 0 unspecified atom stereocenters. The van der Waals surface area contributed by atoms with E-state index in [9.17, 15) is 0 Å². The van der Waals surface area contributed by atoms with Crippen molar-refractivity contribution < 1.29 is 0 Å². The number of hydrogen-bond acceptors (Lipinski definition) is 2. The quantitative estimate of drug-likeness (QED) is 0.748. The molecule has 0 atom stereocenters. The van der Waals surface area contributed by atoms with Crippen LogP contribution in [0.3, 0.4) is 0 Å². The molecular weight excluding hydrogens is 224 g/mol. The largest absolute Gasteiger partial charge is 0.360 e. The van der Waals surface area contributed by atoms with Crippen molar-refractivity contribution in [2.45, 2.75) is 20.3 Å². The van der Waals surface area contributed by atoms with E-state index in [0.717, 1.165) is 29.1 Å². The number of hydrogen-bond donors (Lipinski definition) is 1. The molecule has 3 aromatic rings. The Hall–Kier alpha value is -2.10. The van der Waals surface area contributed by atoms with Crippen molar-refractivity contribution in [1.29, 1.82) is 0 Å². The van der Waals surface area contributed by atoms with E-state index in [1.54, 1.807) is 0 Å². The van der Waals surface area contributed by atoms with Gasteiger partial charge in [-0.15, -0.1) is 0 Å². The average molecular weight is 240 g/mol. The first kappa shape index (κ1) is 11.0. The van der Waals surface area contributed by atoms with E-state index < -0.39 is 0 Å². The van der Waals surface area contributed by atoms with Crippen molar-refractivity contribution in [3.05, 3.63) is 35.8 Å².